The minimum absolute atomic E-state index is 0.0521. The average molecular weight is 428 g/mol. The third-order valence-electron chi connectivity index (χ3n) is 4.86. The van der Waals surface area contributed by atoms with E-state index in [2.05, 4.69) is 47.3 Å². The number of aryl methyl sites for hydroxylation is 2. The maximum Gasteiger partial charge on any atom is 0.131 e. The van der Waals surface area contributed by atoms with Gasteiger partial charge < -0.3 is 10.3 Å². The summed E-state index contributed by atoms with van der Waals surface area (Å²) in [7, 11) is 0. The number of aromatic nitrogens is 3. The standard InChI is InChI=1S/C25H22ClN5/c1-16-6-5-8-18(14-16)24-25(31-22(30-24)11-10-21(26)27)19-12-13-28-23(15-19)29-20-9-4-3-7-17(20)2/h3-15,27H,1-2H3,(H,28,29)(H,30,31)/b11-10-,27-21?. The van der Waals surface area contributed by atoms with Crippen molar-refractivity contribution in [2.75, 3.05) is 5.32 Å². The van der Waals surface area contributed by atoms with Gasteiger partial charge in [0.1, 0.15) is 16.8 Å². The van der Waals surface area contributed by atoms with Crippen molar-refractivity contribution in [2.24, 2.45) is 0 Å². The van der Waals surface area contributed by atoms with Gasteiger partial charge in [0, 0.05) is 23.0 Å². The molecular formula is C25H22ClN5. The molecule has 0 aliphatic heterocycles. The zero-order chi connectivity index (χ0) is 21.8. The number of H-pyrrole nitrogens is 1. The summed E-state index contributed by atoms with van der Waals surface area (Å²) < 4.78 is 0. The first kappa shape index (κ1) is 20.6. The summed E-state index contributed by atoms with van der Waals surface area (Å²) >= 11 is 5.68. The Hall–Kier alpha value is -3.70. The van der Waals surface area contributed by atoms with Gasteiger partial charge in [-0.3, -0.25) is 5.41 Å². The summed E-state index contributed by atoms with van der Waals surface area (Å²) in [5, 5.41) is 10.8. The van der Waals surface area contributed by atoms with Crippen molar-refractivity contribution >= 4 is 34.4 Å². The molecule has 0 aliphatic rings. The second-order valence-corrected chi connectivity index (χ2v) is 7.67. The van der Waals surface area contributed by atoms with Crippen molar-refractivity contribution in [3.05, 3.63) is 89.9 Å². The SMILES string of the molecule is Cc1cccc(-c2nc(/C=C\C(=N)Cl)[nH]c2-c2ccnc(Nc3ccccc3C)c2)c1. The summed E-state index contributed by atoms with van der Waals surface area (Å²) in [6, 6.07) is 20.3. The number of pyridine rings is 1. The molecule has 2 heterocycles. The van der Waals surface area contributed by atoms with E-state index < -0.39 is 0 Å². The van der Waals surface area contributed by atoms with Gasteiger partial charge in [0.05, 0.1) is 11.4 Å². The lowest BCUT2D eigenvalue weighted by atomic mass is 10.0. The second-order valence-electron chi connectivity index (χ2n) is 7.27. The molecule has 0 fully saturated rings. The molecule has 6 heteroatoms. The number of aromatic amines is 1. The maximum absolute atomic E-state index is 7.43. The van der Waals surface area contributed by atoms with Gasteiger partial charge in [-0.1, -0.05) is 53.6 Å². The maximum atomic E-state index is 7.43. The lowest BCUT2D eigenvalue weighted by Crippen LogP contribution is -1.96. The number of nitrogens with zero attached hydrogens (tertiary/aromatic N) is 2. The third-order valence-corrected chi connectivity index (χ3v) is 4.98. The fourth-order valence-electron chi connectivity index (χ4n) is 3.34. The monoisotopic (exact) mass is 427 g/mol. The molecule has 31 heavy (non-hydrogen) atoms. The lowest BCUT2D eigenvalue weighted by molar-refractivity contribution is 1.26. The molecule has 0 radical (unpaired) electrons. The van der Waals surface area contributed by atoms with Crippen molar-refractivity contribution in [3.8, 4) is 22.5 Å². The van der Waals surface area contributed by atoms with Crippen LogP contribution in [0.15, 0.2) is 72.9 Å². The highest BCUT2D eigenvalue weighted by Gasteiger charge is 2.14. The molecule has 0 spiro atoms. The van der Waals surface area contributed by atoms with E-state index in [1.807, 2.05) is 42.5 Å². The molecule has 0 bridgehead atoms. The van der Waals surface area contributed by atoms with Crippen LogP contribution in [-0.2, 0) is 0 Å². The molecular weight excluding hydrogens is 406 g/mol. The van der Waals surface area contributed by atoms with Crippen molar-refractivity contribution in [1.82, 2.24) is 15.0 Å². The Kier molecular flexibility index (Phi) is 5.96. The van der Waals surface area contributed by atoms with Crippen LogP contribution >= 0.6 is 11.6 Å². The first-order chi connectivity index (χ1) is 15.0. The molecule has 2 aromatic heterocycles. The average Bonchev–Trinajstić information content (AvgIpc) is 3.19. The molecule has 0 saturated heterocycles. The quantitative estimate of drug-likeness (QED) is 0.298. The number of hydrogen-bond donors (Lipinski definition) is 3. The number of anilines is 2. The molecule has 0 saturated carbocycles. The smallest absolute Gasteiger partial charge is 0.131 e. The molecule has 0 atom stereocenters. The number of allylic oxidation sites excluding steroid dienone is 1. The van der Waals surface area contributed by atoms with E-state index >= 15 is 0 Å². The Labute approximate surface area is 186 Å². The molecule has 0 amide bonds. The van der Waals surface area contributed by atoms with E-state index in [0.29, 0.717) is 5.82 Å². The van der Waals surface area contributed by atoms with Crippen LogP contribution in [0.1, 0.15) is 17.0 Å². The van der Waals surface area contributed by atoms with Crippen LogP contribution in [0.4, 0.5) is 11.5 Å². The highest BCUT2D eigenvalue weighted by Crippen LogP contribution is 2.32. The Morgan fingerprint density at radius 2 is 1.87 bits per heavy atom. The van der Waals surface area contributed by atoms with Crippen LogP contribution in [0.2, 0.25) is 0 Å². The van der Waals surface area contributed by atoms with Crippen LogP contribution < -0.4 is 5.32 Å². The van der Waals surface area contributed by atoms with Crippen LogP contribution in [-0.4, -0.2) is 20.1 Å². The number of para-hydroxylation sites is 1. The predicted molar refractivity (Wildman–Crippen MR) is 129 cm³/mol. The third kappa shape index (κ3) is 4.90. The molecule has 4 aromatic rings. The van der Waals surface area contributed by atoms with Crippen LogP contribution in [0.25, 0.3) is 28.6 Å². The molecule has 154 valence electrons. The zero-order valence-electron chi connectivity index (χ0n) is 17.3. The highest BCUT2D eigenvalue weighted by molar-refractivity contribution is 6.67. The molecule has 2 aromatic carbocycles. The summed E-state index contributed by atoms with van der Waals surface area (Å²) in [5.74, 6) is 1.37. The number of hydrogen-bond acceptors (Lipinski definition) is 4. The molecule has 0 aliphatic carbocycles. The largest absolute Gasteiger partial charge is 0.340 e. The summed E-state index contributed by atoms with van der Waals surface area (Å²) in [4.78, 5) is 12.6. The van der Waals surface area contributed by atoms with Crippen molar-refractivity contribution in [3.63, 3.8) is 0 Å². The van der Waals surface area contributed by atoms with E-state index in [4.69, 9.17) is 22.0 Å². The molecule has 4 rings (SSSR count). The zero-order valence-corrected chi connectivity index (χ0v) is 18.0. The molecule has 0 unspecified atom stereocenters. The van der Waals surface area contributed by atoms with E-state index in [0.717, 1.165) is 45.1 Å². The highest BCUT2D eigenvalue weighted by atomic mass is 35.5. The van der Waals surface area contributed by atoms with Crippen molar-refractivity contribution < 1.29 is 0 Å². The number of nitrogens with one attached hydrogen (secondary N) is 3. The summed E-state index contributed by atoms with van der Waals surface area (Å²) in [6.45, 7) is 4.12. The van der Waals surface area contributed by atoms with Gasteiger partial charge in [-0.15, -0.1) is 0 Å². The Morgan fingerprint density at radius 1 is 1.03 bits per heavy atom. The number of halogens is 1. The second kappa shape index (κ2) is 8.98. The fraction of sp³-hybridized carbons (Fsp3) is 0.0800. The lowest BCUT2D eigenvalue weighted by Gasteiger charge is -2.10. The van der Waals surface area contributed by atoms with Crippen LogP contribution in [0.5, 0.6) is 0 Å². The number of rotatable bonds is 6. The molecule has 5 nitrogen and oxygen atoms in total. The van der Waals surface area contributed by atoms with Gasteiger partial charge in [-0.05, 0) is 55.8 Å². The van der Waals surface area contributed by atoms with Gasteiger partial charge in [-0.2, -0.15) is 0 Å². The minimum Gasteiger partial charge on any atom is -0.340 e. The van der Waals surface area contributed by atoms with Gasteiger partial charge in [0.25, 0.3) is 0 Å². The molecule has 3 N–H and O–H groups in total. The normalized spacial score (nSPS) is 11.1. The van der Waals surface area contributed by atoms with Gasteiger partial charge >= 0.3 is 0 Å². The first-order valence-electron chi connectivity index (χ1n) is 9.88. The fourth-order valence-corrected chi connectivity index (χ4v) is 3.40. The number of benzene rings is 2. The van der Waals surface area contributed by atoms with Gasteiger partial charge in [0.15, 0.2) is 0 Å². The van der Waals surface area contributed by atoms with E-state index in [1.54, 1.807) is 12.3 Å². The van der Waals surface area contributed by atoms with E-state index in [1.165, 1.54) is 6.08 Å². The van der Waals surface area contributed by atoms with Gasteiger partial charge in [0.2, 0.25) is 0 Å². The predicted octanol–water partition coefficient (Wildman–Crippen LogP) is 6.73. The Bertz CT molecular complexity index is 1270. The Morgan fingerprint density at radius 3 is 2.65 bits per heavy atom. The van der Waals surface area contributed by atoms with E-state index in [9.17, 15) is 0 Å². The summed E-state index contributed by atoms with van der Waals surface area (Å²) in [5.41, 5.74) is 6.99. The summed E-state index contributed by atoms with van der Waals surface area (Å²) in [6.07, 6.45) is 4.98. The first-order valence-corrected chi connectivity index (χ1v) is 10.3. The van der Waals surface area contributed by atoms with Gasteiger partial charge in [-0.25, -0.2) is 9.97 Å². The topological polar surface area (TPSA) is 77.5 Å². The number of imidazole rings is 1. The Balaban J connectivity index is 1.77. The van der Waals surface area contributed by atoms with Crippen LogP contribution in [0.3, 0.4) is 0 Å². The van der Waals surface area contributed by atoms with E-state index in [-0.39, 0.29) is 5.17 Å². The van der Waals surface area contributed by atoms with Crippen molar-refractivity contribution in [2.45, 2.75) is 13.8 Å². The minimum atomic E-state index is -0.0521. The van der Waals surface area contributed by atoms with Crippen LogP contribution in [0, 0.1) is 19.3 Å². The van der Waals surface area contributed by atoms with Crippen molar-refractivity contribution in [1.29, 1.82) is 5.41 Å².